The van der Waals surface area contributed by atoms with Crippen molar-refractivity contribution >= 4 is 22.5 Å². The summed E-state index contributed by atoms with van der Waals surface area (Å²) in [6.45, 7) is 0.120. The van der Waals surface area contributed by atoms with Gasteiger partial charge in [-0.3, -0.25) is 9.59 Å². The zero-order valence-corrected chi connectivity index (χ0v) is 15.5. The van der Waals surface area contributed by atoms with Gasteiger partial charge in [0.15, 0.2) is 22.7 Å². The minimum Gasteiger partial charge on any atom is -0.493 e. The number of nitrogens with zero attached hydrogens (tertiary/aromatic N) is 3. The van der Waals surface area contributed by atoms with Gasteiger partial charge < -0.3 is 19.8 Å². The fraction of sp³-hybridized carbons (Fsp3) is 0.158. The molecule has 2 aromatic carbocycles. The maximum Gasteiger partial charge on any atom is 0.277 e. The summed E-state index contributed by atoms with van der Waals surface area (Å²) >= 11 is 0. The van der Waals surface area contributed by atoms with Gasteiger partial charge in [-0.2, -0.15) is 0 Å². The molecule has 148 valence electrons. The van der Waals surface area contributed by atoms with E-state index >= 15 is 0 Å². The van der Waals surface area contributed by atoms with E-state index in [-0.39, 0.29) is 23.3 Å². The Hall–Kier alpha value is -3.95. The van der Waals surface area contributed by atoms with Crippen LogP contribution in [0.5, 0.6) is 11.5 Å². The number of hydrogen-bond acceptors (Lipinski definition) is 6. The molecule has 0 bridgehead atoms. The van der Waals surface area contributed by atoms with Crippen LogP contribution in [0.25, 0.3) is 16.6 Å². The van der Waals surface area contributed by atoms with E-state index in [2.05, 4.69) is 20.6 Å². The Morgan fingerprint density at radius 2 is 2.07 bits per heavy atom. The first-order chi connectivity index (χ1) is 14.0. The quantitative estimate of drug-likeness (QED) is 0.530. The molecule has 29 heavy (non-hydrogen) atoms. The molecular weight excluding hydrogens is 381 g/mol. The van der Waals surface area contributed by atoms with Crippen molar-refractivity contribution in [3.05, 3.63) is 63.8 Å². The molecule has 4 aromatic rings. The zero-order valence-electron chi connectivity index (χ0n) is 15.5. The Bertz CT molecular complexity index is 1300. The van der Waals surface area contributed by atoms with Crippen LogP contribution in [0.2, 0.25) is 0 Å². The molecule has 0 fully saturated rings. The van der Waals surface area contributed by atoms with Gasteiger partial charge in [-0.25, -0.2) is 8.91 Å². The van der Waals surface area contributed by atoms with E-state index in [0.29, 0.717) is 22.6 Å². The summed E-state index contributed by atoms with van der Waals surface area (Å²) in [6.07, 6.45) is 0. The first-order valence-electron chi connectivity index (χ1n) is 8.58. The maximum absolute atomic E-state index is 13.4. The predicted octanol–water partition coefficient (Wildman–Crippen LogP) is 1.66. The number of methoxy groups -OCH3 is 2. The second kappa shape index (κ2) is 7.23. The lowest BCUT2D eigenvalue weighted by atomic mass is 10.2. The predicted molar refractivity (Wildman–Crippen MR) is 102 cm³/mol. The largest absolute Gasteiger partial charge is 0.493 e. The topological polar surface area (TPSA) is 111 Å². The van der Waals surface area contributed by atoms with Gasteiger partial charge in [0.1, 0.15) is 5.82 Å². The van der Waals surface area contributed by atoms with Gasteiger partial charge in [-0.05, 0) is 24.3 Å². The monoisotopic (exact) mass is 397 g/mol. The van der Waals surface area contributed by atoms with Gasteiger partial charge >= 0.3 is 0 Å². The third kappa shape index (κ3) is 3.14. The Balaban J connectivity index is 1.68. The summed E-state index contributed by atoms with van der Waals surface area (Å²) < 4.78 is 25.2. The number of carbonyl (C=O) groups is 1. The van der Waals surface area contributed by atoms with Crippen molar-refractivity contribution in [2.45, 2.75) is 6.54 Å². The Morgan fingerprint density at radius 1 is 1.24 bits per heavy atom. The third-order valence-corrected chi connectivity index (χ3v) is 4.46. The van der Waals surface area contributed by atoms with E-state index < -0.39 is 17.3 Å². The van der Waals surface area contributed by atoms with Crippen LogP contribution in [0.1, 0.15) is 16.1 Å². The lowest BCUT2D eigenvalue weighted by Crippen LogP contribution is -2.25. The van der Waals surface area contributed by atoms with Crippen molar-refractivity contribution in [2.75, 3.05) is 14.2 Å². The van der Waals surface area contributed by atoms with Gasteiger partial charge in [-0.15, -0.1) is 5.10 Å². The zero-order chi connectivity index (χ0) is 20.5. The number of ether oxygens (including phenoxy) is 2. The molecule has 2 aromatic heterocycles. The summed E-state index contributed by atoms with van der Waals surface area (Å²) in [5, 5.41) is 10.4. The highest BCUT2D eigenvalue weighted by Gasteiger charge is 2.20. The Labute approximate surface area is 163 Å². The van der Waals surface area contributed by atoms with Crippen molar-refractivity contribution < 1.29 is 18.7 Å². The molecule has 1 amide bonds. The number of amides is 1. The molecule has 0 saturated carbocycles. The summed E-state index contributed by atoms with van der Waals surface area (Å²) in [4.78, 5) is 27.7. The Kier molecular flexibility index (Phi) is 4.59. The van der Waals surface area contributed by atoms with Crippen LogP contribution in [0.4, 0.5) is 4.39 Å². The fourth-order valence-electron chi connectivity index (χ4n) is 3.13. The molecule has 0 aliphatic heterocycles. The number of H-pyrrole nitrogens is 1. The first-order valence-corrected chi connectivity index (χ1v) is 8.58. The van der Waals surface area contributed by atoms with E-state index in [1.807, 2.05) is 0 Å². The van der Waals surface area contributed by atoms with E-state index in [4.69, 9.17) is 9.47 Å². The fourth-order valence-corrected chi connectivity index (χ4v) is 3.13. The summed E-state index contributed by atoms with van der Waals surface area (Å²) in [5.74, 6) is -0.0628. The average molecular weight is 397 g/mol. The molecular formula is C19H16FN5O4. The highest BCUT2D eigenvalue weighted by atomic mass is 19.1. The van der Waals surface area contributed by atoms with Crippen molar-refractivity contribution in [1.82, 2.24) is 25.1 Å². The van der Waals surface area contributed by atoms with E-state index in [1.54, 1.807) is 18.2 Å². The van der Waals surface area contributed by atoms with Gasteiger partial charge in [-0.1, -0.05) is 17.3 Å². The molecule has 0 atom stereocenters. The summed E-state index contributed by atoms with van der Waals surface area (Å²) in [6, 6.07) is 9.14. The molecule has 0 aliphatic carbocycles. The van der Waals surface area contributed by atoms with Crippen molar-refractivity contribution in [2.24, 2.45) is 0 Å². The molecule has 0 radical (unpaired) electrons. The van der Waals surface area contributed by atoms with E-state index in [0.717, 1.165) is 0 Å². The standard InChI is InChI=1S/C19H16FN5O4/c1-28-14-5-3-4-10(17(14)29-2)9-21-18(26)15-16-19(27)22-12-8-11(20)6-7-13(12)25(16)24-23-15/h3-8H,9H2,1-2H3,(H,21,26)(H,22,27). The molecule has 2 heterocycles. The summed E-state index contributed by atoms with van der Waals surface area (Å²) in [7, 11) is 3.02. The minimum atomic E-state index is -0.600. The van der Waals surface area contributed by atoms with Gasteiger partial charge in [0.05, 0.1) is 25.3 Å². The van der Waals surface area contributed by atoms with Crippen molar-refractivity contribution in [1.29, 1.82) is 0 Å². The number of aromatic nitrogens is 4. The highest BCUT2D eigenvalue weighted by molar-refractivity contribution is 5.99. The smallest absolute Gasteiger partial charge is 0.277 e. The number of benzene rings is 2. The van der Waals surface area contributed by atoms with Crippen LogP contribution < -0.4 is 20.3 Å². The second-order valence-electron chi connectivity index (χ2n) is 6.15. The molecule has 0 saturated heterocycles. The van der Waals surface area contributed by atoms with Crippen LogP contribution in [0.15, 0.2) is 41.2 Å². The second-order valence-corrected chi connectivity index (χ2v) is 6.15. The van der Waals surface area contributed by atoms with E-state index in [9.17, 15) is 14.0 Å². The average Bonchev–Trinajstić information content (AvgIpc) is 3.17. The molecule has 10 heteroatoms. The molecule has 0 unspecified atom stereocenters. The lowest BCUT2D eigenvalue weighted by Gasteiger charge is -2.12. The van der Waals surface area contributed by atoms with Gasteiger partial charge in [0, 0.05) is 12.1 Å². The number of hydrogen-bond donors (Lipinski definition) is 2. The van der Waals surface area contributed by atoms with E-state index in [1.165, 1.54) is 36.9 Å². The highest BCUT2D eigenvalue weighted by Crippen LogP contribution is 2.30. The van der Waals surface area contributed by atoms with Crippen LogP contribution in [0, 0.1) is 5.82 Å². The van der Waals surface area contributed by atoms with Crippen LogP contribution >= 0.6 is 0 Å². The van der Waals surface area contributed by atoms with Crippen molar-refractivity contribution in [3.63, 3.8) is 0 Å². The number of halogens is 1. The number of para-hydroxylation sites is 1. The number of aromatic amines is 1. The SMILES string of the molecule is COc1cccc(CNC(=O)c2nnn3c2c(=O)[nH]c2cc(F)ccc23)c1OC. The molecule has 4 rings (SSSR count). The molecule has 2 N–H and O–H groups in total. The Morgan fingerprint density at radius 3 is 2.83 bits per heavy atom. The molecule has 0 aliphatic rings. The summed E-state index contributed by atoms with van der Waals surface area (Å²) in [5.41, 5.74) is 0.588. The molecule has 9 nitrogen and oxygen atoms in total. The van der Waals surface area contributed by atoms with Gasteiger partial charge in [0.2, 0.25) is 0 Å². The van der Waals surface area contributed by atoms with Crippen molar-refractivity contribution in [3.8, 4) is 11.5 Å². The van der Waals surface area contributed by atoms with Crippen LogP contribution in [0.3, 0.4) is 0 Å². The molecule has 0 spiro atoms. The number of carbonyl (C=O) groups excluding carboxylic acids is 1. The normalized spacial score (nSPS) is 11.0. The number of rotatable bonds is 5. The minimum absolute atomic E-state index is 0.0285. The van der Waals surface area contributed by atoms with Crippen LogP contribution in [-0.2, 0) is 6.54 Å². The van der Waals surface area contributed by atoms with Gasteiger partial charge in [0.25, 0.3) is 11.5 Å². The lowest BCUT2D eigenvalue weighted by molar-refractivity contribution is 0.0947. The third-order valence-electron chi connectivity index (χ3n) is 4.46. The number of fused-ring (bicyclic) bond motifs is 3. The maximum atomic E-state index is 13.4. The van der Waals surface area contributed by atoms with Crippen LogP contribution in [-0.4, -0.2) is 39.9 Å². The number of nitrogens with one attached hydrogen (secondary N) is 2. The first kappa shape index (κ1) is 18.4.